The van der Waals surface area contributed by atoms with E-state index in [0.29, 0.717) is 11.8 Å². The van der Waals surface area contributed by atoms with Crippen LogP contribution in [-0.2, 0) is 0 Å². The summed E-state index contributed by atoms with van der Waals surface area (Å²) < 4.78 is 13.6. The average Bonchev–Trinajstić information content (AvgIpc) is 2.51. The molecule has 0 aromatic heterocycles. The first-order chi connectivity index (χ1) is 9.75. The quantitative estimate of drug-likeness (QED) is 0.869. The molecule has 0 bridgehead atoms. The summed E-state index contributed by atoms with van der Waals surface area (Å²) in [4.78, 5) is 0. The van der Waals surface area contributed by atoms with E-state index < -0.39 is 0 Å². The lowest BCUT2D eigenvalue weighted by molar-refractivity contribution is 0.402. The van der Waals surface area contributed by atoms with E-state index in [1.807, 2.05) is 12.1 Å². The number of halogens is 1. The molecule has 1 fully saturated rings. The number of rotatable bonds is 2. The lowest BCUT2D eigenvalue weighted by Gasteiger charge is -2.34. The van der Waals surface area contributed by atoms with Gasteiger partial charge in [-0.15, -0.1) is 0 Å². The van der Waals surface area contributed by atoms with Crippen molar-refractivity contribution < 1.29 is 4.39 Å². The summed E-state index contributed by atoms with van der Waals surface area (Å²) >= 11 is 0. The maximum Gasteiger partial charge on any atom is 0.123 e. The van der Waals surface area contributed by atoms with E-state index in [1.165, 1.54) is 16.7 Å². The van der Waals surface area contributed by atoms with Crippen LogP contribution in [0.4, 0.5) is 4.39 Å². The van der Waals surface area contributed by atoms with Gasteiger partial charge in [0.25, 0.3) is 0 Å². The van der Waals surface area contributed by atoms with Crippen LogP contribution >= 0.6 is 0 Å². The van der Waals surface area contributed by atoms with Crippen molar-refractivity contribution in [2.75, 3.05) is 13.1 Å². The molecule has 3 rings (SSSR count). The molecule has 0 amide bonds. The van der Waals surface area contributed by atoms with Crippen LogP contribution in [0.3, 0.4) is 0 Å². The Kier molecular flexibility index (Phi) is 3.83. The summed E-state index contributed by atoms with van der Waals surface area (Å²) in [6.07, 6.45) is 1.06. The van der Waals surface area contributed by atoms with Crippen LogP contribution in [0.2, 0.25) is 0 Å². The fourth-order valence-electron chi connectivity index (χ4n) is 3.29. The maximum atomic E-state index is 13.6. The predicted molar refractivity (Wildman–Crippen MR) is 80.5 cm³/mol. The first-order valence-electron chi connectivity index (χ1n) is 7.27. The van der Waals surface area contributed by atoms with Gasteiger partial charge < -0.3 is 5.32 Å². The molecule has 0 radical (unpaired) electrons. The fraction of sp³-hybridized carbons (Fsp3) is 0.333. The van der Waals surface area contributed by atoms with Gasteiger partial charge >= 0.3 is 0 Å². The van der Waals surface area contributed by atoms with E-state index in [1.54, 1.807) is 12.1 Å². The molecule has 2 heteroatoms. The summed E-state index contributed by atoms with van der Waals surface area (Å²) in [7, 11) is 0. The van der Waals surface area contributed by atoms with E-state index in [2.05, 4.69) is 36.5 Å². The number of hydrogen-bond acceptors (Lipinski definition) is 1. The molecule has 0 saturated carbocycles. The SMILES string of the molecule is Cc1ccc(F)cc1C1CCNCC1c1ccccc1. The van der Waals surface area contributed by atoms with Crippen LogP contribution in [0.15, 0.2) is 48.5 Å². The number of aryl methyl sites for hydroxylation is 1. The number of hydrogen-bond donors (Lipinski definition) is 1. The van der Waals surface area contributed by atoms with Gasteiger partial charge in [0.05, 0.1) is 0 Å². The highest BCUT2D eigenvalue weighted by Gasteiger charge is 2.28. The van der Waals surface area contributed by atoms with Crippen LogP contribution in [-0.4, -0.2) is 13.1 Å². The van der Waals surface area contributed by atoms with Gasteiger partial charge in [0.15, 0.2) is 0 Å². The van der Waals surface area contributed by atoms with Crippen LogP contribution < -0.4 is 5.32 Å². The second-order valence-electron chi connectivity index (χ2n) is 5.62. The van der Waals surface area contributed by atoms with E-state index >= 15 is 0 Å². The fourth-order valence-corrected chi connectivity index (χ4v) is 3.29. The maximum absolute atomic E-state index is 13.6. The molecule has 1 saturated heterocycles. The van der Waals surface area contributed by atoms with Gasteiger partial charge in [-0.05, 0) is 54.6 Å². The van der Waals surface area contributed by atoms with Gasteiger partial charge in [0.1, 0.15) is 5.82 Å². The van der Waals surface area contributed by atoms with Gasteiger partial charge in [-0.2, -0.15) is 0 Å². The summed E-state index contributed by atoms with van der Waals surface area (Å²) in [6.45, 7) is 4.05. The summed E-state index contributed by atoms with van der Waals surface area (Å²) in [6, 6.07) is 15.7. The Morgan fingerprint density at radius 3 is 2.65 bits per heavy atom. The normalized spacial score (nSPS) is 22.7. The number of benzene rings is 2. The van der Waals surface area contributed by atoms with Crippen LogP contribution in [0.25, 0.3) is 0 Å². The number of piperidine rings is 1. The highest BCUT2D eigenvalue weighted by atomic mass is 19.1. The molecule has 1 N–H and O–H groups in total. The van der Waals surface area contributed by atoms with Gasteiger partial charge in [-0.3, -0.25) is 0 Å². The first kappa shape index (κ1) is 13.3. The standard InChI is InChI=1S/C18H20FN/c1-13-7-8-15(19)11-17(13)16-9-10-20-12-18(16)14-5-3-2-4-6-14/h2-8,11,16,18,20H,9-10,12H2,1H3. The molecule has 1 nitrogen and oxygen atoms in total. The average molecular weight is 269 g/mol. The molecular weight excluding hydrogens is 249 g/mol. The van der Waals surface area contributed by atoms with E-state index in [-0.39, 0.29) is 5.82 Å². The van der Waals surface area contributed by atoms with Crippen molar-refractivity contribution in [1.29, 1.82) is 0 Å². The summed E-state index contributed by atoms with van der Waals surface area (Å²) in [5.41, 5.74) is 3.70. The van der Waals surface area contributed by atoms with Gasteiger partial charge in [0.2, 0.25) is 0 Å². The Bertz CT molecular complexity index is 579. The molecule has 2 aromatic carbocycles. The van der Waals surface area contributed by atoms with Gasteiger partial charge in [-0.1, -0.05) is 36.4 Å². The third-order valence-corrected chi connectivity index (χ3v) is 4.35. The highest BCUT2D eigenvalue weighted by molar-refractivity contribution is 5.35. The molecule has 0 aliphatic carbocycles. The van der Waals surface area contributed by atoms with E-state index in [0.717, 1.165) is 19.5 Å². The molecule has 2 atom stereocenters. The Morgan fingerprint density at radius 1 is 1.05 bits per heavy atom. The third kappa shape index (κ3) is 2.61. The largest absolute Gasteiger partial charge is 0.316 e. The van der Waals surface area contributed by atoms with Crippen molar-refractivity contribution in [1.82, 2.24) is 5.32 Å². The molecule has 20 heavy (non-hydrogen) atoms. The van der Waals surface area contributed by atoms with Crippen molar-refractivity contribution in [2.24, 2.45) is 0 Å². The van der Waals surface area contributed by atoms with Crippen LogP contribution in [0.1, 0.15) is 34.9 Å². The minimum atomic E-state index is -0.129. The van der Waals surface area contributed by atoms with Crippen molar-refractivity contribution in [3.8, 4) is 0 Å². The highest BCUT2D eigenvalue weighted by Crippen LogP contribution is 2.38. The second kappa shape index (κ2) is 5.76. The van der Waals surface area contributed by atoms with Crippen molar-refractivity contribution in [3.63, 3.8) is 0 Å². The van der Waals surface area contributed by atoms with Crippen molar-refractivity contribution in [3.05, 3.63) is 71.0 Å². The summed E-state index contributed by atoms with van der Waals surface area (Å²) in [5.74, 6) is 0.691. The first-order valence-corrected chi connectivity index (χ1v) is 7.27. The topological polar surface area (TPSA) is 12.0 Å². The molecule has 1 aliphatic rings. The minimum Gasteiger partial charge on any atom is -0.316 e. The molecule has 2 unspecified atom stereocenters. The van der Waals surface area contributed by atoms with Crippen LogP contribution in [0.5, 0.6) is 0 Å². The number of nitrogens with one attached hydrogen (secondary N) is 1. The van der Waals surface area contributed by atoms with Gasteiger partial charge in [0, 0.05) is 12.5 Å². The smallest absolute Gasteiger partial charge is 0.123 e. The molecular formula is C18H20FN. The minimum absolute atomic E-state index is 0.129. The summed E-state index contributed by atoms with van der Waals surface area (Å²) in [5, 5.41) is 3.47. The van der Waals surface area contributed by atoms with Crippen molar-refractivity contribution >= 4 is 0 Å². The van der Waals surface area contributed by atoms with Gasteiger partial charge in [-0.25, -0.2) is 4.39 Å². The third-order valence-electron chi connectivity index (χ3n) is 4.35. The second-order valence-corrected chi connectivity index (χ2v) is 5.62. The molecule has 104 valence electrons. The monoisotopic (exact) mass is 269 g/mol. The van der Waals surface area contributed by atoms with E-state index in [9.17, 15) is 4.39 Å². The lowest BCUT2D eigenvalue weighted by Crippen LogP contribution is -2.34. The van der Waals surface area contributed by atoms with Crippen molar-refractivity contribution in [2.45, 2.75) is 25.2 Å². The Balaban J connectivity index is 1.99. The Hall–Kier alpha value is -1.67. The predicted octanol–water partition coefficient (Wildman–Crippen LogP) is 3.99. The van der Waals surface area contributed by atoms with E-state index in [4.69, 9.17) is 0 Å². The molecule has 1 aliphatic heterocycles. The Morgan fingerprint density at radius 2 is 1.85 bits per heavy atom. The molecule has 2 aromatic rings. The zero-order chi connectivity index (χ0) is 13.9. The Labute approximate surface area is 119 Å². The van der Waals surface area contributed by atoms with Crippen LogP contribution in [0, 0.1) is 12.7 Å². The molecule has 1 heterocycles. The zero-order valence-electron chi connectivity index (χ0n) is 11.8. The molecule has 0 spiro atoms. The zero-order valence-corrected chi connectivity index (χ0v) is 11.8. The lowest BCUT2D eigenvalue weighted by atomic mass is 9.76.